The van der Waals surface area contributed by atoms with Crippen LogP contribution in [0.25, 0.3) is 0 Å². The van der Waals surface area contributed by atoms with Gasteiger partial charge in [0, 0.05) is 37.8 Å². The van der Waals surface area contributed by atoms with Gasteiger partial charge in [-0.2, -0.15) is 13.2 Å². The number of carbonyl (C=O) groups excluding carboxylic acids is 2. The molecule has 212 valence electrons. The largest absolute Gasteiger partial charge is 0.490 e. The summed E-state index contributed by atoms with van der Waals surface area (Å²) in [5, 5.41) is 22.1. The molecule has 14 heteroatoms. The molecule has 1 aliphatic heterocycles. The number of nitrogens with one attached hydrogen (secondary N) is 2. The third kappa shape index (κ3) is 9.89. The highest BCUT2D eigenvalue weighted by molar-refractivity contribution is 6.06. The van der Waals surface area contributed by atoms with E-state index in [0.29, 0.717) is 44.1 Å². The number of nitrogens with zero attached hydrogens (tertiary/aromatic N) is 2. The summed E-state index contributed by atoms with van der Waals surface area (Å²) >= 11 is 0. The van der Waals surface area contributed by atoms with Crippen molar-refractivity contribution in [3.8, 4) is 0 Å². The number of piperazine rings is 1. The zero-order chi connectivity index (χ0) is 29.3. The van der Waals surface area contributed by atoms with Gasteiger partial charge in [0.25, 0.3) is 5.91 Å². The standard InChI is InChI=1S/C23H27FN4O4.C2HF3O2/c1-15(2)25-21(29)14-27-9-11-28(12-10-27)20-8-5-17(23(31)32)13-19(20)26-22(30)16-3-6-18(24)7-4-16;3-2(4,5)1(6)7/h3-8,13,15H,9-12,14H2,1-2H3,(H,25,29)(H,26,30)(H,31,32);(H,6,7). The van der Waals surface area contributed by atoms with Crippen LogP contribution in [0.4, 0.5) is 28.9 Å². The molecule has 0 saturated carbocycles. The van der Waals surface area contributed by atoms with Crippen LogP contribution in [0.1, 0.15) is 34.6 Å². The molecule has 1 fully saturated rings. The average molecular weight is 557 g/mol. The zero-order valence-corrected chi connectivity index (χ0v) is 21.1. The molecule has 2 amide bonds. The number of benzene rings is 2. The molecular formula is C25H28F4N4O6. The van der Waals surface area contributed by atoms with E-state index in [2.05, 4.69) is 15.5 Å². The number of aromatic carboxylic acids is 1. The Morgan fingerprint density at radius 2 is 1.46 bits per heavy atom. The molecule has 0 atom stereocenters. The Morgan fingerprint density at radius 3 is 1.95 bits per heavy atom. The SMILES string of the molecule is CC(C)NC(=O)CN1CCN(c2ccc(C(=O)O)cc2NC(=O)c2ccc(F)cc2)CC1.O=C(O)C(F)(F)F. The Hall–Kier alpha value is -4.20. The molecule has 10 nitrogen and oxygen atoms in total. The highest BCUT2D eigenvalue weighted by Gasteiger charge is 2.38. The number of amides is 2. The first-order valence-corrected chi connectivity index (χ1v) is 11.7. The molecule has 1 saturated heterocycles. The highest BCUT2D eigenvalue weighted by Crippen LogP contribution is 2.29. The van der Waals surface area contributed by atoms with Crippen LogP contribution in [0.3, 0.4) is 0 Å². The summed E-state index contributed by atoms with van der Waals surface area (Å²) in [6.07, 6.45) is -5.08. The van der Waals surface area contributed by atoms with E-state index in [4.69, 9.17) is 9.90 Å². The van der Waals surface area contributed by atoms with E-state index in [1.165, 1.54) is 36.4 Å². The van der Waals surface area contributed by atoms with Crippen LogP contribution < -0.4 is 15.5 Å². The monoisotopic (exact) mass is 556 g/mol. The van der Waals surface area contributed by atoms with Crippen molar-refractivity contribution in [2.75, 3.05) is 42.9 Å². The summed E-state index contributed by atoms with van der Waals surface area (Å²) in [5.41, 5.74) is 1.37. The second kappa shape index (κ2) is 13.6. The van der Waals surface area contributed by atoms with Gasteiger partial charge in [0.2, 0.25) is 5.91 Å². The predicted molar refractivity (Wildman–Crippen MR) is 133 cm³/mol. The molecule has 2 aromatic rings. The molecule has 2 aromatic carbocycles. The summed E-state index contributed by atoms with van der Waals surface area (Å²) in [6, 6.07) is 9.79. The van der Waals surface area contributed by atoms with E-state index in [-0.39, 0.29) is 23.1 Å². The second-order valence-electron chi connectivity index (χ2n) is 8.79. The van der Waals surface area contributed by atoms with Crippen molar-refractivity contribution >= 4 is 35.1 Å². The Balaban J connectivity index is 0.000000673. The maximum atomic E-state index is 13.2. The fraction of sp³-hybridized carbons (Fsp3) is 0.360. The van der Waals surface area contributed by atoms with E-state index in [9.17, 15) is 37.1 Å². The van der Waals surface area contributed by atoms with Gasteiger partial charge in [-0.3, -0.25) is 14.5 Å². The van der Waals surface area contributed by atoms with Crippen LogP contribution in [0.2, 0.25) is 0 Å². The summed E-state index contributed by atoms with van der Waals surface area (Å²) in [6.45, 7) is 6.67. The third-order valence-electron chi connectivity index (χ3n) is 5.37. The van der Waals surface area contributed by atoms with Gasteiger partial charge in [0.05, 0.1) is 23.5 Å². The molecule has 1 aliphatic rings. The molecule has 4 N–H and O–H groups in total. The quantitative estimate of drug-likeness (QED) is 0.382. The molecule has 0 aromatic heterocycles. The first kappa shape index (κ1) is 31.0. The Bertz CT molecular complexity index is 1180. The molecule has 39 heavy (non-hydrogen) atoms. The number of carbonyl (C=O) groups is 4. The summed E-state index contributed by atoms with van der Waals surface area (Å²) in [5.74, 6) is -4.79. The lowest BCUT2D eigenvalue weighted by molar-refractivity contribution is -0.192. The van der Waals surface area contributed by atoms with E-state index in [1.54, 1.807) is 6.07 Å². The minimum atomic E-state index is -5.08. The maximum absolute atomic E-state index is 13.2. The number of rotatable bonds is 7. The molecular weight excluding hydrogens is 528 g/mol. The lowest BCUT2D eigenvalue weighted by Crippen LogP contribution is -2.50. The van der Waals surface area contributed by atoms with Crippen molar-refractivity contribution < 1.29 is 47.0 Å². The second-order valence-corrected chi connectivity index (χ2v) is 8.79. The maximum Gasteiger partial charge on any atom is 0.490 e. The molecule has 0 spiro atoms. The van der Waals surface area contributed by atoms with E-state index in [0.717, 1.165) is 0 Å². The van der Waals surface area contributed by atoms with Gasteiger partial charge >= 0.3 is 18.1 Å². The van der Waals surface area contributed by atoms with E-state index in [1.807, 2.05) is 18.7 Å². The summed E-state index contributed by atoms with van der Waals surface area (Å²) in [4.78, 5) is 49.1. The first-order valence-electron chi connectivity index (χ1n) is 11.7. The molecule has 0 aliphatic carbocycles. The molecule has 0 bridgehead atoms. The zero-order valence-electron chi connectivity index (χ0n) is 21.1. The van der Waals surface area contributed by atoms with Gasteiger partial charge in [-0.1, -0.05) is 0 Å². The van der Waals surface area contributed by atoms with Crippen LogP contribution in [0.5, 0.6) is 0 Å². The van der Waals surface area contributed by atoms with Gasteiger partial charge in [-0.25, -0.2) is 14.0 Å². The number of alkyl halides is 3. The third-order valence-corrected chi connectivity index (χ3v) is 5.37. The molecule has 0 radical (unpaired) electrons. The Labute approximate surface area is 221 Å². The topological polar surface area (TPSA) is 139 Å². The smallest absolute Gasteiger partial charge is 0.478 e. The fourth-order valence-corrected chi connectivity index (χ4v) is 3.56. The van der Waals surface area contributed by atoms with Crippen LogP contribution in [-0.4, -0.2) is 83.8 Å². The van der Waals surface area contributed by atoms with Crippen molar-refractivity contribution in [1.82, 2.24) is 10.2 Å². The number of hydrogen-bond acceptors (Lipinski definition) is 6. The Kier molecular flexibility index (Phi) is 10.8. The number of carboxylic acid groups (broad SMARTS) is 2. The lowest BCUT2D eigenvalue weighted by atomic mass is 10.1. The van der Waals surface area contributed by atoms with Crippen LogP contribution in [0, 0.1) is 5.82 Å². The number of halogens is 4. The van der Waals surface area contributed by atoms with Crippen molar-refractivity contribution in [3.05, 3.63) is 59.4 Å². The first-order chi connectivity index (χ1) is 18.2. The van der Waals surface area contributed by atoms with E-state index >= 15 is 0 Å². The van der Waals surface area contributed by atoms with Crippen molar-refractivity contribution in [1.29, 1.82) is 0 Å². The Morgan fingerprint density at radius 1 is 0.923 bits per heavy atom. The van der Waals surface area contributed by atoms with Crippen LogP contribution >= 0.6 is 0 Å². The summed E-state index contributed by atoms with van der Waals surface area (Å²) < 4.78 is 44.9. The molecule has 3 rings (SSSR count). The van der Waals surface area contributed by atoms with E-state index < -0.39 is 29.8 Å². The van der Waals surface area contributed by atoms with Crippen molar-refractivity contribution in [2.45, 2.75) is 26.1 Å². The van der Waals surface area contributed by atoms with Crippen LogP contribution in [0.15, 0.2) is 42.5 Å². The van der Waals surface area contributed by atoms with Crippen molar-refractivity contribution in [2.24, 2.45) is 0 Å². The van der Waals surface area contributed by atoms with Gasteiger partial charge in [-0.05, 0) is 56.3 Å². The fourth-order valence-electron chi connectivity index (χ4n) is 3.56. The molecule has 1 heterocycles. The lowest BCUT2D eigenvalue weighted by Gasteiger charge is -2.36. The number of hydrogen-bond donors (Lipinski definition) is 4. The number of anilines is 2. The van der Waals surface area contributed by atoms with Gasteiger partial charge < -0.3 is 25.7 Å². The van der Waals surface area contributed by atoms with Gasteiger partial charge in [-0.15, -0.1) is 0 Å². The van der Waals surface area contributed by atoms with Crippen LogP contribution in [-0.2, 0) is 9.59 Å². The van der Waals surface area contributed by atoms with Crippen molar-refractivity contribution in [3.63, 3.8) is 0 Å². The molecule has 0 unspecified atom stereocenters. The minimum absolute atomic E-state index is 0.0217. The highest BCUT2D eigenvalue weighted by atomic mass is 19.4. The summed E-state index contributed by atoms with van der Waals surface area (Å²) in [7, 11) is 0. The van der Waals surface area contributed by atoms with Gasteiger partial charge in [0.1, 0.15) is 5.82 Å². The predicted octanol–water partition coefficient (Wildman–Crippen LogP) is 3.06. The normalized spacial score (nSPS) is 13.8. The van der Waals surface area contributed by atoms with Gasteiger partial charge in [0.15, 0.2) is 0 Å². The number of aliphatic carboxylic acids is 1. The average Bonchev–Trinajstić information content (AvgIpc) is 2.84. The number of carboxylic acids is 2. The minimum Gasteiger partial charge on any atom is -0.478 e.